The monoisotopic (exact) mass is 188 g/mol. The summed E-state index contributed by atoms with van der Waals surface area (Å²) in [6.45, 7) is 1.06. The van der Waals surface area contributed by atoms with Crippen LogP contribution in [0.15, 0.2) is 36.9 Å². The number of hydrogen-bond donors (Lipinski definition) is 1. The Labute approximate surface area is 82.2 Å². The van der Waals surface area contributed by atoms with E-state index >= 15 is 0 Å². The minimum atomic E-state index is 0.345. The molecule has 3 rings (SSSR count). The van der Waals surface area contributed by atoms with Gasteiger partial charge in [0.15, 0.2) is 0 Å². The Morgan fingerprint density at radius 1 is 1.29 bits per heavy atom. The lowest BCUT2D eigenvalue weighted by Gasteiger charge is -2.13. The van der Waals surface area contributed by atoms with Crippen LogP contribution >= 0.6 is 0 Å². The number of fused-ring (bicyclic) bond motifs is 1. The van der Waals surface area contributed by atoms with Crippen LogP contribution in [0.2, 0.25) is 0 Å². The van der Waals surface area contributed by atoms with Crippen LogP contribution in [0.4, 0.5) is 0 Å². The average molecular weight is 188 g/mol. The third-order valence-electron chi connectivity index (χ3n) is 2.63. The predicted molar refractivity (Wildman–Crippen MR) is 53.4 cm³/mol. The van der Waals surface area contributed by atoms with Gasteiger partial charge in [-0.1, -0.05) is 0 Å². The topological polar surface area (TPSA) is 34.8 Å². The van der Waals surface area contributed by atoms with Crippen LogP contribution in [-0.2, 0) is 6.54 Å². The summed E-state index contributed by atoms with van der Waals surface area (Å²) in [5, 5.41) is 0. The van der Waals surface area contributed by atoms with Gasteiger partial charge in [0.05, 0.1) is 0 Å². The molecule has 0 aliphatic carbocycles. The van der Waals surface area contributed by atoms with Crippen molar-refractivity contribution >= 4 is 0 Å². The van der Waals surface area contributed by atoms with E-state index in [0.29, 0.717) is 6.04 Å². The molecular formula is C10H12N4. The van der Waals surface area contributed by atoms with Crippen molar-refractivity contribution in [2.24, 2.45) is 0 Å². The Morgan fingerprint density at radius 3 is 3.00 bits per heavy atom. The number of hydrogen-bond acceptors (Lipinski definition) is 2. The molecule has 0 bridgehead atoms. The molecule has 0 radical (unpaired) electrons. The lowest BCUT2D eigenvalue weighted by atomic mass is 10.2. The van der Waals surface area contributed by atoms with Gasteiger partial charge in [0, 0.05) is 31.3 Å². The summed E-state index contributed by atoms with van der Waals surface area (Å²) in [5.74, 6) is 1.14. The quantitative estimate of drug-likeness (QED) is 0.772. The molecule has 0 aromatic carbocycles. The number of aromatic nitrogens is 3. The fourth-order valence-corrected chi connectivity index (χ4v) is 1.94. The summed E-state index contributed by atoms with van der Waals surface area (Å²) >= 11 is 0. The molecule has 4 heteroatoms. The van der Waals surface area contributed by atoms with Crippen molar-refractivity contribution < 1.29 is 0 Å². The van der Waals surface area contributed by atoms with Crippen molar-refractivity contribution in [2.45, 2.75) is 19.0 Å². The highest BCUT2D eigenvalue weighted by molar-refractivity contribution is 5.09. The van der Waals surface area contributed by atoms with E-state index < -0.39 is 0 Å². The molecule has 2 aromatic heterocycles. The molecule has 1 aliphatic rings. The molecule has 1 atom stereocenters. The third kappa shape index (κ3) is 1.11. The zero-order valence-corrected chi connectivity index (χ0v) is 7.80. The fourth-order valence-electron chi connectivity index (χ4n) is 1.94. The largest absolute Gasteiger partial charge is 0.333 e. The minimum Gasteiger partial charge on any atom is -0.333 e. The van der Waals surface area contributed by atoms with Gasteiger partial charge in [-0.2, -0.15) is 0 Å². The van der Waals surface area contributed by atoms with Crippen LogP contribution in [0.3, 0.4) is 0 Å². The zero-order chi connectivity index (χ0) is 9.38. The molecule has 1 unspecified atom stereocenters. The zero-order valence-electron chi connectivity index (χ0n) is 7.80. The van der Waals surface area contributed by atoms with Gasteiger partial charge < -0.3 is 9.99 Å². The summed E-state index contributed by atoms with van der Waals surface area (Å²) in [5.41, 5.74) is 3.40. The van der Waals surface area contributed by atoms with Crippen LogP contribution in [0.25, 0.3) is 0 Å². The van der Waals surface area contributed by atoms with Crippen LogP contribution in [0.5, 0.6) is 0 Å². The molecule has 0 spiro atoms. The lowest BCUT2D eigenvalue weighted by molar-refractivity contribution is 0.646. The summed E-state index contributed by atoms with van der Waals surface area (Å²) < 4.78 is 4.18. The second kappa shape index (κ2) is 2.90. The maximum absolute atomic E-state index is 4.35. The van der Waals surface area contributed by atoms with Gasteiger partial charge in [-0.3, -0.25) is 4.68 Å². The first-order valence-corrected chi connectivity index (χ1v) is 4.84. The molecule has 1 N–H and O–H groups in total. The third-order valence-corrected chi connectivity index (χ3v) is 2.63. The first-order chi connectivity index (χ1) is 6.93. The van der Waals surface area contributed by atoms with E-state index in [1.54, 1.807) is 0 Å². The van der Waals surface area contributed by atoms with Crippen LogP contribution in [0.1, 0.15) is 18.3 Å². The number of imidazole rings is 1. The van der Waals surface area contributed by atoms with Crippen molar-refractivity contribution in [3.63, 3.8) is 0 Å². The maximum atomic E-state index is 4.35. The van der Waals surface area contributed by atoms with E-state index in [1.807, 2.05) is 41.6 Å². The minimum absolute atomic E-state index is 0.345. The van der Waals surface area contributed by atoms with E-state index in [-0.39, 0.29) is 0 Å². The molecular weight excluding hydrogens is 176 g/mol. The molecule has 0 fully saturated rings. The average Bonchev–Trinajstić information content (AvgIpc) is 2.85. The Kier molecular flexibility index (Phi) is 1.59. The van der Waals surface area contributed by atoms with Crippen molar-refractivity contribution in [1.29, 1.82) is 0 Å². The SMILES string of the molecule is c1ccn(NC2CCn3ccnc32)c1. The Bertz CT molecular complexity index is 415. The van der Waals surface area contributed by atoms with E-state index in [0.717, 1.165) is 18.8 Å². The van der Waals surface area contributed by atoms with Crippen LogP contribution < -0.4 is 5.43 Å². The second-order valence-electron chi connectivity index (χ2n) is 3.54. The summed E-state index contributed by atoms with van der Waals surface area (Å²) in [6.07, 6.45) is 9.02. The molecule has 0 saturated heterocycles. The molecule has 3 heterocycles. The molecule has 0 amide bonds. The van der Waals surface area contributed by atoms with E-state index in [1.165, 1.54) is 0 Å². The standard InChI is InChI=1S/C10H12N4/c1-2-6-14(5-1)12-9-3-7-13-8-4-11-10(9)13/h1-2,4-6,8-9,12H,3,7H2. The van der Waals surface area contributed by atoms with Gasteiger partial charge in [0.25, 0.3) is 0 Å². The first kappa shape index (κ1) is 7.67. The Hall–Kier alpha value is -1.71. The number of nitrogens with one attached hydrogen (secondary N) is 1. The summed E-state index contributed by atoms with van der Waals surface area (Å²) in [6, 6.07) is 4.36. The highest BCUT2D eigenvalue weighted by Gasteiger charge is 2.22. The highest BCUT2D eigenvalue weighted by Crippen LogP contribution is 2.24. The van der Waals surface area contributed by atoms with Crippen LogP contribution in [0, 0.1) is 0 Å². The maximum Gasteiger partial charge on any atom is 0.132 e. The smallest absolute Gasteiger partial charge is 0.132 e. The van der Waals surface area contributed by atoms with Gasteiger partial charge in [0.2, 0.25) is 0 Å². The van der Waals surface area contributed by atoms with Gasteiger partial charge >= 0.3 is 0 Å². The normalized spacial score (nSPS) is 19.6. The first-order valence-electron chi connectivity index (χ1n) is 4.84. The molecule has 2 aromatic rings. The highest BCUT2D eigenvalue weighted by atomic mass is 15.4. The summed E-state index contributed by atoms with van der Waals surface area (Å²) in [4.78, 5) is 4.35. The van der Waals surface area contributed by atoms with E-state index in [9.17, 15) is 0 Å². The summed E-state index contributed by atoms with van der Waals surface area (Å²) in [7, 11) is 0. The molecule has 72 valence electrons. The second-order valence-corrected chi connectivity index (χ2v) is 3.54. The fraction of sp³-hybridized carbons (Fsp3) is 0.300. The number of nitrogens with zero attached hydrogens (tertiary/aromatic N) is 3. The molecule has 1 aliphatic heterocycles. The van der Waals surface area contributed by atoms with Gasteiger partial charge in [0.1, 0.15) is 11.9 Å². The predicted octanol–water partition coefficient (Wildman–Crippen LogP) is 1.37. The van der Waals surface area contributed by atoms with Crippen molar-refractivity contribution in [3.8, 4) is 0 Å². The van der Waals surface area contributed by atoms with Crippen LogP contribution in [-0.4, -0.2) is 14.2 Å². The number of rotatable bonds is 2. The van der Waals surface area contributed by atoms with Crippen molar-refractivity contribution in [2.75, 3.05) is 5.43 Å². The lowest BCUT2D eigenvalue weighted by Crippen LogP contribution is -2.18. The van der Waals surface area contributed by atoms with E-state index in [2.05, 4.69) is 15.0 Å². The number of aryl methyl sites for hydroxylation is 1. The van der Waals surface area contributed by atoms with Gasteiger partial charge in [-0.15, -0.1) is 0 Å². The van der Waals surface area contributed by atoms with Gasteiger partial charge in [-0.25, -0.2) is 4.98 Å². The molecule has 4 nitrogen and oxygen atoms in total. The molecule has 0 saturated carbocycles. The van der Waals surface area contributed by atoms with Crippen molar-refractivity contribution in [1.82, 2.24) is 14.2 Å². The Morgan fingerprint density at radius 2 is 2.14 bits per heavy atom. The van der Waals surface area contributed by atoms with Crippen molar-refractivity contribution in [3.05, 3.63) is 42.7 Å². The van der Waals surface area contributed by atoms with E-state index in [4.69, 9.17) is 0 Å². The Balaban J connectivity index is 1.83. The van der Waals surface area contributed by atoms with Gasteiger partial charge in [-0.05, 0) is 18.6 Å². The molecule has 14 heavy (non-hydrogen) atoms.